The molecular formula is C15H17N7S. The maximum Gasteiger partial charge on any atom is 0.188 e. The Morgan fingerprint density at radius 2 is 2.04 bits per heavy atom. The molecule has 0 amide bonds. The molecule has 1 aliphatic heterocycles. The SMILES string of the molecule is Cc1cnc(NC2=NC=CN=C(c3cnn(C)c3)C=NC2C)s1. The lowest BCUT2D eigenvalue weighted by Gasteiger charge is -2.10. The monoisotopic (exact) mass is 327 g/mol. The smallest absolute Gasteiger partial charge is 0.188 e. The Morgan fingerprint density at radius 3 is 2.74 bits per heavy atom. The second-order valence-corrected chi connectivity index (χ2v) is 6.32. The van der Waals surface area contributed by atoms with Gasteiger partial charge in [0.15, 0.2) is 5.13 Å². The van der Waals surface area contributed by atoms with Crippen LogP contribution in [0.4, 0.5) is 5.13 Å². The van der Waals surface area contributed by atoms with Crippen molar-refractivity contribution >= 4 is 34.2 Å². The van der Waals surface area contributed by atoms with Crippen LogP contribution in [-0.4, -0.2) is 38.6 Å². The number of nitrogens with one attached hydrogen (secondary N) is 1. The molecule has 3 heterocycles. The van der Waals surface area contributed by atoms with Gasteiger partial charge in [0.1, 0.15) is 11.9 Å². The number of amidine groups is 1. The van der Waals surface area contributed by atoms with E-state index in [0.29, 0.717) is 0 Å². The summed E-state index contributed by atoms with van der Waals surface area (Å²) in [6.45, 7) is 3.99. The third-order valence-corrected chi connectivity index (χ3v) is 4.00. The first-order chi connectivity index (χ1) is 11.1. The number of hydrogen-bond donors (Lipinski definition) is 1. The highest BCUT2D eigenvalue weighted by atomic mass is 32.1. The van der Waals surface area contributed by atoms with Crippen LogP contribution in [0.2, 0.25) is 0 Å². The molecule has 0 bridgehead atoms. The number of anilines is 1. The molecule has 1 N–H and O–H groups in total. The Balaban J connectivity index is 1.81. The summed E-state index contributed by atoms with van der Waals surface area (Å²) in [5.74, 6) is 0.731. The van der Waals surface area contributed by atoms with Gasteiger partial charge < -0.3 is 5.32 Å². The molecule has 0 saturated carbocycles. The van der Waals surface area contributed by atoms with Gasteiger partial charge in [-0.25, -0.2) is 9.98 Å². The third kappa shape index (κ3) is 3.78. The summed E-state index contributed by atoms with van der Waals surface area (Å²) in [5.41, 5.74) is 1.67. The zero-order valence-electron chi connectivity index (χ0n) is 13.1. The molecule has 118 valence electrons. The molecular weight excluding hydrogens is 310 g/mol. The summed E-state index contributed by atoms with van der Waals surface area (Å²) in [5, 5.41) is 8.20. The molecule has 0 fully saturated rings. The highest BCUT2D eigenvalue weighted by Crippen LogP contribution is 2.17. The first-order valence-electron chi connectivity index (χ1n) is 7.14. The Hall–Kier alpha value is -2.61. The lowest BCUT2D eigenvalue weighted by atomic mass is 10.2. The minimum atomic E-state index is -0.135. The van der Waals surface area contributed by atoms with Crippen LogP contribution in [0.25, 0.3) is 0 Å². The maximum atomic E-state index is 4.55. The maximum absolute atomic E-state index is 4.55. The average molecular weight is 327 g/mol. The van der Waals surface area contributed by atoms with Crippen LogP contribution in [-0.2, 0) is 7.05 Å². The normalized spacial score (nSPS) is 18.0. The Bertz CT molecular complexity index is 809. The van der Waals surface area contributed by atoms with Gasteiger partial charge in [-0.3, -0.25) is 14.7 Å². The van der Waals surface area contributed by atoms with Gasteiger partial charge in [0.2, 0.25) is 0 Å². The van der Waals surface area contributed by atoms with Crippen molar-refractivity contribution in [2.45, 2.75) is 19.9 Å². The van der Waals surface area contributed by atoms with Crippen LogP contribution >= 0.6 is 11.3 Å². The molecule has 0 spiro atoms. The van der Waals surface area contributed by atoms with Gasteiger partial charge in [-0.2, -0.15) is 5.10 Å². The van der Waals surface area contributed by atoms with Crippen LogP contribution in [0.1, 0.15) is 17.4 Å². The van der Waals surface area contributed by atoms with Crippen molar-refractivity contribution in [1.29, 1.82) is 0 Å². The minimum absolute atomic E-state index is 0.135. The molecule has 0 radical (unpaired) electrons. The van der Waals surface area contributed by atoms with E-state index in [4.69, 9.17) is 0 Å². The van der Waals surface area contributed by atoms with Crippen LogP contribution in [0, 0.1) is 6.92 Å². The Morgan fingerprint density at radius 1 is 1.22 bits per heavy atom. The lowest BCUT2D eigenvalue weighted by molar-refractivity contribution is 0.767. The largest absolute Gasteiger partial charge is 0.318 e. The predicted molar refractivity (Wildman–Crippen MR) is 94.7 cm³/mol. The molecule has 2 aromatic rings. The van der Waals surface area contributed by atoms with Crippen molar-refractivity contribution in [2.24, 2.45) is 22.0 Å². The number of nitrogens with zero attached hydrogens (tertiary/aromatic N) is 6. The molecule has 1 atom stereocenters. The van der Waals surface area contributed by atoms with Crippen LogP contribution < -0.4 is 5.32 Å². The van der Waals surface area contributed by atoms with Gasteiger partial charge in [-0.15, -0.1) is 11.3 Å². The second kappa shape index (κ2) is 6.66. The van der Waals surface area contributed by atoms with Gasteiger partial charge >= 0.3 is 0 Å². The van der Waals surface area contributed by atoms with Gasteiger partial charge in [-0.05, 0) is 13.8 Å². The van der Waals surface area contributed by atoms with Crippen molar-refractivity contribution in [3.05, 3.63) is 41.4 Å². The first kappa shape index (κ1) is 15.3. The quantitative estimate of drug-likeness (QED) is 0.920. The van der Waals surface area contributed by atoms with Crippen molar-refractivity contribution in [2.75, 3.05) is 5.32 Å². The molecule has 7 nitrogen and oxygen atoms in total. The molecule has 1 aliphatic rings. The number of hydrogen-bond acceptors (Lipinski definition) is 7. The first-order valence-corrected chi connectivity index (χ1v) is 7.95. The van der Waals surface area contributed by atoms with Gasteiger partial charge in [0, 0.05) is 48.5 Å². The fraction of sp³-hybridized carbons (Fsp3) is 0.267. The summed E-state index contributed by atoms with van der Waals surface area (Å²) in [4.78, 5) is 18.8. The number of rotatable bonds is 2. The van der Waals surface area contributed by atoms with E-state index in [2.05, 4.69) is 30.4 Å². The van der Waals surface area contributed by atoms with Crippen LogP contribution in [0.5, 0.6) is 0 Å². The molecule has 3 rings (SSSR count). The van der Waals surface area contributed by atoms with Crippen LogP contribution in [0.15, 0.2) is 46.0 Å². The van der Waals surface area contributed by atoms with Crippen molar-refractivity contribution in [1.82, 2.24) is 14.8 Å². The molecule has 2 aromatic heterocycles. The molecule has 0 aromatic carbocycles. The number of aromatic nitrogens is 3. The Labute approximate surface area is 138 Å². The van der Waals surface area contributed by atoms with Gasteiger partial charge in [0.05, 0.1) is 11.9 Å². The van der Waals surface area contributed by atoms with E-state index < -0.39 is 0 Å². The third-order valence-electron chi connectivity index (χ3n) is 3.17. The van der Waals surface area contributed by atoms with E-state index in [0.717, 1.165) is 27.1 Å². The fourth-order valence-corrected chi connectivity index (χ4v) is 2.65. The molecule has 1 unspecified atom stereocenters. The Kier molecular flexibility index (Phi) is 4.42. The number of aryl methyl sites for hydroxylation is 2. The number of thiazole rings is 1. The zero-order valence-corrected chi connectivity index (χ0v) is 13.9. The van der Waals surface area contributed by atoms with Crippen molar-refractivity contribution in [3.8, 4) is 0 Å². The van der Waals surface area contributed by atoms with Crippen molar-refractivity contribution in [3.63, 3.8) is 0 Å². The fourth-order valence-electron chi connectivity index (χ4n) is 1.98. The molecule has 8 heteroatoms. The molecule has 23 heavy (non-hydrogen) atoms. The lowest BCUT2D eigenvalue weighted by Crippen LogP contribution is -2.24. The van der Waals surface area contributed by atoms with Gasteiger partial charge in [0.25, 0.3) is 0 Å². The average Bonchev–Trinajstić information content (AvgIpc) is 3.14. The minimum Gasteiger partial charge on any atom is -0.318 e. The van der Waals surface area contributed by atoms with E-state index in [1.54, 1.807) is 40.8 Å². The summed E-state index contributed by atoms with van der Waals surface area (Å²) < 4.78 is 1.74. The van der Waals surface area contributed by atoms with Crippen LogP contribution in [0.3, 0.4) is 0 Å². The predicted octanol–water partition coefficient (Wildman–Crippen LogP) is 2.43. The second-order valence-electron chi connectivity index (χ2n) is 5.08. The highest BCUT2D eigenvalue weighted by molar-refractivity contribution is 7.15. The highest BCUT2D eigenvalue weighted by Gasteiger charge is 2.12. The van der Waals surface area contributed by atoms with E-state index in [-0.39, 0.29) is 6.04 Å². The summed E-state index contributed by atoms with van der Waals surface area (Å²) in [6.07, 6.45) is 10.6. The topological polar surface area (TPSA) is 79.8 Å². The van der Waals surface area contributed by atoms with Crippen molar-refractivity contribution < 1.29 is 0 Å². The van der Waals surface area contributed by atoms with Gasteiger partial charge in [-0.1, -0.05) is 0 Å². The zero-order chi connectivity index (χ0) is 16.2. The standard InChI is InChI=1S/C15H17N7S/c1-10-6-19-15(23-10)21-14-11(2)18-8-13(16-4-5-17-14)12-7-20-22(3)9-12/h4-9,11H,1-3H3,(H,17,19,21). The van der Waals surface area contributed by atoms with E-state index in [9.17, 15) is 0 Å². The summed E-state index contributed by atoms with van der Waals surface area (Å²) in [7, 11) is 1.87. The molecule has 0 saturated heterocycles. The van der Waals surface area contributed by atoms with E-state index in [1.165, 1.54) is 0 Å². The summed E-state index contributed by atoms with van der Waals surface area (Å²) in [6, 6.07) is -0.135. The van der Waals surface area contributed by atoms with E-state index >= 15 is 0 Å². The summed E-state index contributed by atoms with van der Waals surface area (Å²) >= 11 is 1.58. The number of aliphatic imine (C=N–C) groups is 3. The molecule has 0 aliphatic carbocycles. The van der Waals surface area contributed by atoms with E-state index in [1.807, 2.05) is 33.3 Å².